The molecule has 3 heterocycles. The smallest absolute Gasteiger partial charge is 0.0991 e. The van der Waals surface area contributed by atoms with Gasteiger partial charge in [0.1, 0.15) is 0 Å². The highest BCUT2D eigenvalue weighted by molar-refractivity contribution is 5.86. The van der Waals surface area contributed by atoms with Crippen LogP contribution in [0.3, 0.4) is 0 Å². The van der Waals surface area contributed by atoms with Crippen LogP contribution in [0.25, 0.3) is 10.9 Å². The fraction of sp³-hybridized carbons (Fsp3) is 0.500. The van der Waals surface area contributed by atoms with Gasteiger partial charge in [-0.05, 0) is 107 Å². The maximum atomic E-state index is 9.65. The third kappa shape index (κ3) is 6.30. The van der Waals surface area contributed by atoms with Crippen LogP contribution < -0.4 is 16.0 Å². The van der Waals surface area contributed by atoms with Crippen molar-refractivity contribution in [3.8, 4) is 6.07 Å². The molecule has 5 rings (SSSR count). The lowest BCUT2D eigenvalue weighted by molar-refractivity contribution is 0.336. The molecule has 2 aromatic carbocycles. The number of hydrogen-bond donors (Lipinski definition) is 3. The number of nitrogens with one attached hydrogen (secondary N) is 3. The summed E-state index contributed by atoms with van der Waals surface area (Å²) in [6, 6.07) is 18.2. The second-order valence-electron chi connectivity index (χ2n) is 10.5. The Hall–Kier alpha value is -2.36. The quantitative estimate of drug-likeness (QED) is 0.398. The van der Waals surface area contributed by atoms with Gasteiger partial charge in [-0.1, -0.05) is 29.8 Å². The van der Waals surface area contributed by atoms with Crippen molar-refractivity contribution in [2.75, 3.05) is 32.7 Å². The molecule has 5 nitrogen and oxygen atoms in total. The van der Waals surface area contributed by atoms with Crippen molar-refractivity contribution < 1.29 is 0 Å². The number of benzene rings is 2. The molecule has 1 unspecified atom stereocenters. The molecule has 2 aliphatic rings. The monoisotopic (exact) mass is 505 g/mol. The van der Waals surface area contributed by atoms with Gasteiger partial charge >= 0.3 is 0 Å². The van der Waals surface area contributed by atoms with Crippen molar-refractivity contribution >= 4 is 23.3 Å². The molecule has 0 bridgehead atoms. The van der Waals surface area contributed by atoms with Crippen LogP contribution in [0.15, 0.2) is 48.7 Å². The molecule has 3 aromatic rings. The molecule has 6 heteroatoms. The first kappa shape index (κ1) is 26.7. The zero-order valence-electron chi connectivity index (χ0n) is 21.4. The predicted octanol–water partition coefficient (Wildman–Crippen LogP) is 5.11. The molecular weight excluding hydrogens is 466 g/mol. The second-order valence-corrected chi connectivity index (χ2v) is 10.5. The van der Waals surface area contributed by atoms with Crippen LogP contribution in [-0.2, 0) is 6.54 Å². The molecule has 1 atom stereocenters. The van der Waals surface area contributed by atoms with Gasteiger partial charge in [0.2, 0.25) is 0 Å². The number of fused-ring (bicyclic) bond motifs is 1. The van der Waals surface area contributed by atoms with Gasteiger partial charge < -0.3 is 20.5 Å². The minimum Gasteiger partial charge on any atom is -0.347 e. The highest BCUT2D eigenvalue weighted by atomic mass is 35.5. The largest absolute Gasteiger partial charge is 0.347 e. The maximum Gasteiger partial charge on any atom is 0.0991 e. The number of aryl methyl sites for hydroxylation is 1. The van der Waals surface area contributed by atoms with E-state index in [-0.39, 0.29) is 12.4 Å². The van der Waals surface area contributed by atoms with Gasteiger partial charge in [0.15, 0.2) is 0 Å². The average molecular weight is 506 g/mol. The molecule has 36 heavy (non-hydrogen) atoms. The van der Waals surface area contributed by atoms with Crippen molar-refractivity contribution in [3.63, 3.8) is 0 Å². The molecule has 2 aliphatic heterocycles. The van der Waals surface area contributed by atoms with E-state index >= 15 is 0 Å². The Bertz CT molecular complexity index is 1170. The fourth-order valence-corrected chi connectivity index (χ4v) is 6.01. The van der Waals surface area contributed by atoms with Crippen molar-refractivity contribution in [1.29, 1.82) is 5.26 Å². The summed E-state index contributed by atoms with van der Waals surface area (Å²) in [6.07, 6.45) is 8.33. The lowest BCUT2D eigenvalue weighted by Crippen LogP contribution is -2.40. The zero-order valence-corrected chi connectivity index (χ0v) is 22.2. The summed E-state index contributed by atoms with van der Waals surface area (Å²) in [5.74, 6) is 1.00. The molecule has 1 aromatic heterocycles. The van der Waals surface area contributed by atoms with Crippen molar-refractivity contribution in [1.82, 2.24) is 20.5 Å². The van der Waals surface area contributed by atoms with Crippen LogP contribution in [-0.4, -0.2) is 43.3 Å². The first-order chi connectivity index (χ1) is 17.2. The van der Waals surface area contributed by atoms with Gasteiger partial charge in [0, 0.05) is 35.6 Å². The Labute approximate surface area is 222 Å². The van der Waals surface area contributed by atoms with E-state index in [0.29, 0.717) is 17.9 Å². The number of nitrogens with zero attached hydrogens (tertiary/aromatic N) is 2. The van der Waals surface area contributed by atoms with Crippen LogP contribution in [0.5, 0.6) is 0 Å². The standard InChI is InChI=1S/C30H39N5.ClH/c1-22-3-2-4-25(17-22)27(11-16-34-26-9-14-33-15-10-26)29-21-35(20-23-7-12-32-13-8-23)30-6-5-24(19-31)18-28(29)30;/h2-6,17-18,21,23,26-27,32-34H,7-16,20H2,1H3;1H. The maximum absolute atomic E-state index is 9.65. The second kappa shape index (κ2) is 12.7. The molecule has 0 spiro atoms. The molecule has 0 amide bonds. The highest BCUT2D eigenvalue weighted by Gasteiger charge is 2.23. The fourth-order valence-electron chi connectivity index (χ4n) is 6.01. The van der Waals surface area contributed by atoms with E-state index in [0.717, 1.165) is 51.3 Å². The Balaban J connectivity index is 0.00000304. The number of nitriles is 1. The van der Waals surface area contributed by atoms with Gasteiger partial charge in [-0.2, -0.15) is 5.26 Å². The van der Waals surface area contributed by atoms with E-state index in [4.69, 9.17) is 0 Å². The summed E-state index contributed by atoms with van der Waals surface area (Å²) in [6.45, 7) is 8.69. The molecule has 0 aliphatic carbocycles. The number of hydrogen-bond acceptors (Lipinski definition) is 4. The Kier molecular flexibility index (Phi) is 9.45. The summed E-state index contributed by atoms with van der Waals surface area (Å²) in [7, 11) is 0. The molecule has 2 fully saturated rings. The minimum atomic E-state index is 0. The molecule has 2 saturated heterocycles. The molecule has 0 radical (unpaired) electrons. The van der Waals surface area contributed by atoms with Crippen molar-refractivity contribution in [2.24, 2.45) is 5.92 Å². The van der Waals surface area contributed by atoms with Gasteiger partial charge in [0.05, 0.1) is 11.6 Å². The summed E-state index contributed by atoms with van der Waals surface area (Å²) >= 11 is 0. The molecule has 192 valence electrons. The predicted molar refractivity (Wildman–Crippen MR) is 151 cm³/mol. The van der Waals surface area contributed by atoms with Crippen LogP contribution in [0, 0.1) is 24.2 Å². The van der Waals surface area contributed by atoms with E-state index in [9.17, 15) is 5.26 Å². The zero-order chi connectivity index (χ0) is 24.0. The Morgan fingerprint density at radius 1 is 1.03 bits per heavy atom. The van der Waals surface area contributed by atoms with E-state index < -0.39 is 0 Å². The molecular formula is C30H40ClN5. The van der Waals surface area contributed by atoms with Crippen LogP contribution in [0.2, 0.25) is 0 Å². The first-order valence-corrected chi connectivity index (χ1v) is 13.5. The van der Waals surface area contributed by atoms with Gasteiger partial charge in [-0.15, -0.1) is 12.4 Å². The van der Waals surface area contributed by atoms with Gasteiger partial charge in [-0.3, -0.25) is 0 Å². The Morgan fingerprint density at radius 2 is 1.78 bits per heavy atom. The van der Waals surface area contributed by atoms with Crippen LogP contribution in [0.4, 0.5) is 0 Å². The number of piperidine rings is 2. The number of halogens is 1. The normalized spacial score (nSPS) is 18.0. The minimum absolute atomic E-state index is 0. The lowest BCUT2D eigenvalue weighted by Gasteiger charge is -2.25. The summed E-state index contributed by atoms with van der Waals surface area (Å²) < 4.78 is 2.48. The van der Waals surface area contributed by atoms with E-state index in [2.05, 4.69) is 76.1 Å². The van der Waals surface area contributed by atoms with Crippen molar-refractivity contribution in [2.45, 2.75) is 57.5 Å². The summed E-state index contributed by atoms with van der Waals surface area (Å²) in [5, 5.41) is 21.7. The lowest BCUT2D eigenvalue weighted by atomic mass is 9.87. The third-order valence-corrected chi connectivity index (χ3v) is 7.98. The third-order valence-electron chi connectivity index (χ3n) is 7.98. The van der Waals surface area contributed by atoms with Crippen molar-refractivity contribution in [3.05, 3.63) is 70.9 Å². The average Bonchev–Trinajstić information content (AvgIpc) is 3.24. The van der Waals surface area contributed by atoms with Crippen LogP contribution in [0.1, 0.15) is 60.3 Å². The summed E-state index contributed by atoms with van der Waals surface area (Å²) in [4.78, 5) is 0. The number of aromatic nitrogens is 1. The van der Waals surface area contributed by atoms with E-state index in [1.807, 2.05) is 6.07 Å². The first-order valence-electron chi connectivity index (χ1n) is 13.5. The highest BCUT2D eigenvalue weighted by Crippen LogP contribution is 2.36. The van der Waals surface area contributed by atoms with Crippen LogP contribution >= 0.6 is 12.4 Å². The Morgan fingerprint density at radius 3 is 2.50 bits per heavy atom. The molecule has 0 saturated carbocycles. The topological polar surface area (TPSA) is 64.8 Å². The number of rotatable bonds is 8. The molecule has 3 N–H and O–H groups in total. The SMILES string of the molecule is Cc1cccc(C(CCNC2CCNCC2)c2cn(CC3CCNCC3)c3ccc(C#N)cc23)c1.Cl. The van der Waals surface area contributed by atoms with Gasteiger partial charge in [0.25, 0.3) is 0 Å². The van der Waals surface area contributed by atoms with Gasteiger partial charge in [-0.25, -0.2) is 0 Å². The van der Waals surface area contributed by atoms with E-state index in [1.165, 1.54) is 53.3 Å². The van der Waals surface area contributed by atoms with E-state index in [1.54, 1.807) is 0 Å². The summed E-state index contributed by atoms with van der Waals surface area (Å²) in [5.41, 5.74) is 6.05.